The molecule has 0 aliphatic heterocycles. The van der Waals surface area contributed by atoms with Crippen molar-refractivity contribution in [2.75, 3.05) is 13.1 Å². The first kappa shape index (κ1) is 35.9. The van der Waals surface area contributed by atoms with Crippen molar-refractivity contribution in [3.8, 4) is 0 Å². The number of unbranched alkanes of at least 4 members (excludes halogenated alkanes) is 1. The van der Waals surface area contributed by atoms with Crippen molar-refractivity contribution < 1.29 is 48.5 Å². The Bertz CT molecular complexity index is 1140. The number of hydrogen-bond donors (Lipinski definition) is 8. The molecule has 4 amide bonds. The van der Waals surface area contributed by atoms with Crippen molar-refractivity contribution >= 4 is 35.8 Å². The highest BCUT2D eigenvalue weighted by atomic mass is 19.1. The summed E-state index contributed by atoms with van der Waals surface area (Å²) < 4.78 is 13.4. The van der Waals surface area contributed by atoms with E-state index in [0.29, 0.717) is 37.3 Å². The third kappa shape index (κ3) is 12.9. The van der Waals surface area contributed by atoms with Crippen LogP contribution in [0.2, 0.25) is 0 Å². The van der Waals surface area contributed by atoms with E-state index in [0.717, 1.165) is 12.8 Å². The molecule has 0 saturated heterocycles. The van der Waals surface area contributed by atoms with E-state index in [9.17, 15) is 38.3 Å². The predicted octanol–water partition coefficient (Wildman–Crippen LogP) is 0.975. The van der Waals surface area contributed by atoms with Gasteiger partial charge in [-0.2, -0.15) is 0 Å². The van der Waals surface area contributed by atoms with Crippen LogP contribution in [0.15, 0.2) is 24.3 Å². The second kappa shape index (κ2) is 18.4. The van der Waals surface area contributed by atoms with Crippen LogP contribution in [0.1, 0.15) is 63.4 Å². The summed E-state index contributed by atoms with van der Waals surface area (Å²) in [5, 5.41) is 37.1. The molecule has 15 heteroatoms. The molecule has 1 aliphatic rings. The molecule has 44 heavy (non-hydrogen) atoms. The van der Waals surface area contributed by atoms with Crippen LogP contribution in [0.3, 0.4) is 0 Å². The number of hydrogen-bond acceptors (Lipinski definition) is 7. The van der Waals surface area contributed by atoms with Gasteiger partial charge in [-0.15, -0.1) is 0 Å². The Labute approximate surface area is 254 Å². The van der Waals surface area contributed by atoms with Crippen LogP contribution in [0.25, 0.3) is 0 Å². The van der Waals surface area contributed by atoms with Crippen LogP contribution in [0.5, 0.6) is 0 Å². The van der Waals surface area contributed by atoms with Crippen molar-refractivity contribution in [2.24, 2.45) is 17.6 Å². The van der Waals surface area contributed by atoms with Crippen LogP contribution in [0, 0.1) is 17.7 Å². The minimum absolute atomic E-state index is 0.0350. The topological polar surface area (TPSA) is 237 Å². The molecule has 0 aromatic heterocycles. The first-order chi connectivity index (χ1) is 20.9. The molecule has 2 rings (SSSR count). The highest BCUT2D eigenvalue weighted by Gasteiger charge is 2.29. The number of benzene rings is 1. The Morgan fingerprint density at radius 2 is 1.41 bits per heavy atom. The number of nitrogens with two attached hydrogens (primary N) is 1. The van der Waals surface area contributed by atoms with Crippen LogP contribution in [-0.2, 0) is 30.4 Å². The van der Waals surface area contributed by atoms with Gasteiger partial charge in [-0.1, -0.05) is 12.1 Å². The van der Waals surface area contributed by atoms with E-state index in [2.05, 4.69) is 21.3 Å². The van der Waals surface area contributed by atoms with Gasteiger partial charge in [-0.3, -0.25) is 14.4 Å². The molecule has 14 nitrogen and oxygen atoms in total. The molecule has 1 fully saturated rings. The summed E-state index contributed by atoms with van der Waals surface area (Å²) in [6.07, 6.45) is 2.83. The summed E-state index contributed by atoms with van der Waals surface area (Å²) in [5.74, 6) is -5.03. The molecule has 244 valence electrons. The zero-order valence-corrected chi connectivity index (χ0v) is 24.4. The summed E-state index contributed by atoms with van der Waals surface area (Å²) in [7, 11) is 0. The molecule has 1 aliphatic carbocycles. The van der Waals surface area contributed by atoms with Crippen molar-refractivity contribution in [1.29, 1.82) is 0 Å². The van der Waals surface area contributed by atoms with Gasteiger partial charge in [-0.25, -0.2) is 18.8 Å². The molecular weight excluding hydrogens is 581 g/mol. The lowest BCUT2D eigenvalue weighted by atomic mass is 9.81. The maximum absolute atomic E-state index is 13.4. The fourth-order valence-electron chi connectivity index (χ4n) is 4.96. The molecule has 0 unspecified atom stereocenters. The van der Waals surface area contributed by atoms with Gasteiger partial charge in [0.1, 0.15) is 23.9 Å². The highest BCUT2D eigenvalue weighted by molar-refractivity contribution is 5.89. The van der Waals surface area contributed by atoms with Crippen molar-refractivity contribution in [1.82, 2.24) is 21.3 Å². The molecule has 1 saturated carbocycles. The van der Waals surface area contributed by atoms with E-state index in [1.54, 1.807) is 0 Å². The number of aliphatic carboxylic acids is 3. The summed E-state index contributed by atoms with van der Waals surface area (Å²) in [6.45, 7) is 0.714. The largest absolute Gasteiger partial charge is 0.481 e. The minimum atomic E-state index is -1.51. The quantitative estimate of drug-likeness (QED) is 0.108. The van der Waals surface area contributed by atoms with Gasteiger partial charge in [0.2, 0.25) is 11.8 Å². The second-order valence-corrected chi connectivity index (χ2v) is 11.0. The summed E-state index contributed by atoms with van der Waals surface area (Å²) in [5.41, 5.74) is 6.39. The van der Waals surface area contributed by atoms with E-state index in [4.69, 9.17) is 15.9 Å². The molecule has 0 heterocycles. The lowest BCUT2D eigenvalue weighted by Crippen LogP contribution is -2.51. The van der Waals surface area contributed by atoms with Crippen molar-refractivity contribution in [3.63, 3.8) is 0 Å². The van der Waals surface area contributed by atoms with Gasteiger partial charge in [0.25, 0.3) is 0 Å². The number of carbonyl (C=O) groups excluding carboxylic acids is 3. The number of rotatable bonds is 18. The molecule has 1 aromatic rings. The zero-order valence-electron chi connectivity index (χ0n) is 24.4. The van der Waals surface area contributed by atoms with E-state index in [1.807, 2.05) is 0 Å². The lowest BCUT2D eigenvalue weighted by molar-refractivity contribution is -0.141. The van der Waals surface area contributed by atoms with Gasteiger partial charge >= 0.3 is 23.9 Å². The minimum Gasteiger partial charge on any atom is -0.481 e. The second-order valence-electron chi connectivity index (χ2n) is 11.0. The van der Waals surface area contributed by atoms with Crippen LogP contribution < -0.4 is 27.0 Å². The van der Waals surface area contributed by atoms with Gasteiger partial charge in [-0.05, 0) is 81.5 Å². The monoisotopic (exact) mass is 623 g/mol. The van der Waals surface area contributed by atoms with Gasteiger partial charge in [0, 0.05) is 25.3 Å². The van der Waals surface area contributed by atoms with E-state index < -0.39 is 60.2 Å². The lowest BCUT2D eigenvalue weighted by Gasteiger charge is -2.28. The molecule has 3 atom stereocenters. The molecule has 0 spiro atoms. The number of nitrogens with one attached hydrogen (secondary N) is 4. The number of carboxylic acid groups (broad SMARTS) is 3. The molecular formula is C29H42FN5O9. The Morgan fingerprint density at radius 3 is 1.95 bits per heavy atom. The number of urea groups is 1. The average molecular weight is 624 g/mol. The fourth-order valence-corrected chi connectivity index (χ4v) is 4.96. The van der Waals surface area contributed by atoms with Gasteiger partial charge in [0.05, 0.1) is 0 Å². The van der Waals surface area contributed by atoms with Crippen LogP contribution in [0.4, 0.5) is 9.18 Å². The fraction of sp³-hybridized carbons (Fsp3) is 0.586. The van der Waals surface area contributed by atoms with Gasteiger partial charge in [0.15, 0.2) is 0 Å². The summed E-state index contributed by atoms with van der Waals surface area (Å²) in [6, 6.07) is 0.749. The van der Waals surface area contributed by atoms with Crippen LogP contribution >= 0.6 is 0 Å². The molecule has 1 aromatic carbocycles. The smallest absolute Gasteiger partial charge is 0.326 e. The molecule has 9 N–H and O–H groups in total. The van der Waals surface area contributed by atoms with Gasteiger partial charge < -0.3 is 42.3 Å². The third-order valence-corrected chi connectivity index (χ3v) is 7.61. The predicted molar refractivity (Wildman–Crippen MR) is 155 cm³/mol. The molecule has 0 bridgehead atoms. The standard InChI is InChI=1S/C29H42FN5O9/c30-20-10-6-17(7-11-20)15-23(33-25(38)19-8-4-18(16-31)5-9-19)26(39)32-14-2-1-3-21(27(40)41)34-29(44)35-22(28(42)43)12-13-24(36)37/h6-7,10-11,18-19,21-23H,1-5,8-9,12-16,31H2,(H,32,39)(H,33,38)(H,36,37)(H,40,41)(H,42,43)(H2,34,35,44)/t18?,19?,21-,22-,23-/m0/s1. The Balaban J connectivity index is 1.88. The molecule has 0 radical (unpaired) electrons. The van der Waals surface area contributed by atoms with Crippen LogP contribution in [-0.4, -0.2) is 82.3 Å². The number of amides is 4. The number of carbonyl (C=O) groups is 6. The maximum atomic E-state index is 13.4. The van der Waals surface area contributed by atoms with Crippen molar-refractivity contribution in [2.45, 2.75) is 82.3 Å². The van der Waals surface area contributed by atoms with E-state index >= 15 is 0 Å². The highest BCUT2D eigenvalue weighted by Crippen LogP contribution is 2.28. The summed E-state index contributed by atoms with van der Waals surface area (Å²) in [4.78, 5) is 71.8. The average Bonchev–Trinajstić information content (AvgIpc) is 2.98. The normalized spacial score (nSPS) is 18.2. The Kier molecular flexibility index (Phi) is 15.0. The number of halogens is 1. The Morgan fingerprint density at radius 1 is 0.818 bits per heavy atom. The van der Waals surface area contributed by atoms with E-state index in [1.165, 1.54) is 24.3 Å². The zero-order chi connectivity index (χ0) is 32.6. The summed E-state index contributed by atoms with van der Waals surface area (Å²) >= 11 is 0. The maximum Gasteiger partial charge on any atom is 0.326 e. The number of carboxylic acids is 3. The first-order valence-electron chi connectivity index (χ1n) is 14.7. The van der Waals surface area contributed by atoms with Crippen molar-refractivity contribution in [3.05, 3.63) is 35.6 Å². The first-order valence-corrected chi connectivity index (χ1v) is 14.7. The third-order valence-electron chi connectivity index (χ3n) is 7.61. The van der Waals surface area contributed by atoms with E-state index in [-0.39, 0.29) is 44.1 Å². The Hall–Kier alpha value is -4.27. The SMILES string of the molecule is NCC1CCC(C(=O)N[C@@H](Cc2ccc(F)cc2)C(=O)NCCCC[C@H](NC(=O)N[C@@H](CCC(=O)O)C(=O)O)C(=O)O)CC1.